The van der Waals surface area contributed by atoms with Crippen LogP contribution in [0.2, 0.25) is 0 Å². The molecule has 4 heteroatoms. The van der Waals surface area contributed by atoms with Gasteiger partial charge in [0.05, 0.1) is 11.3 Å². The van der Waals surface area contributed by atoms with Crippen LogP contribution >= 0.6 is 0 Å². The van der Waals surface area contributed by atoms with Crippen molar-refractivity contribution < 1.29 is 4.79 Å². The highest BCUT2D eigenvalue weighted by Crippen LogP contribution is 2.19. The maximum absolute atomic E-state index is 12.4. The maximum Gasteiger partial charge on any atom is 0.219 e. The predicted molar refractivity (Wildman–Crippen MR) is 84.2 cm³/mol. The second-order valence-electron chi connectivity index (χ2n) is 5.42. The molecule has 0 amide bonds. The largest absolute Gasteiger partial charge is 0.352 e. The third-order valence-electron chi connectivity index (χ3n) is 3.31. The molecule has 0 fully saturated rings. The van der Waals surface area contributed by atoms with Gasteiger partial charge in [-0.3, -0.25) is 4.79 Å². The molecule has 4 nitrogen and oxygen atoms in total. The Kier molecular flexibility index (Phi) is 4.56. The summed E-state index contributed by atoms with van der Waals surface area (Å²) in [6.45, 7) is 2.82. The van der Waals surface area contributed by atoms with E-state index in [0.717, 1.165) is 23.0 Å². The molecule has 0 bridgehead atoms. The van der Waals surface area contributed by atoms with Gasteiger partial charge in [0.25, 0.3) is 0 Å². The predicted octanol–water partition coefficient (Wildman–Crippen LogP) is 3.06. The van der Waals surface area contributed by atoms with Crippen LogP contribution in [-0.2, 0) is 0 Å². The third kappa shape index (κ3) is 3.59. The fourth-order valence-corrected chi connectivity index (χ4v) is 2.18. The van der Waals surface area contributed by atoms with E-state index in [4.69, 9.17) is 0 Å². The Morgan fingerprint density at radius 2 is 2.14 bits per heavy atom. The summed E-state index contributed by atoms with van der Waals surface area (Å²) < 4.78 is 0. The first-order valence-corrected chi connectivity index (χ1v) is 6.90. The summed E-state index contributed by atoms with van der Waals surface area (Å²) in [5, 5.41) is 10.2. The average Bonchev–Trinajstić information content (AvgIpc) is 2.85. The number of Topliss-reactive ketones (excluding diaryl/α,β-unsaturated/α-hetero) is 1. The van der Waals surface area contributed by atoms with Crippen LogP contribution < -0.4 is 0 Å². The summed E-state index contributed by atoms with van der Waals surface area (Å²) >= 11 is 0. The molecule has 2 rings (SSSR count). The minimum absolute atomic E-state index is 0.195. The number of hydrogen-bond acceptors (Lipinski definition) is 3. The van der Waals surface area contributed by atoms with Gasteiger partial charge in [0.2, 0.25) is 5.78 Å². The molecule has 0 atom stereocenters. The van der Waals surface area contributed by atoms with Crippen LogP contribution in [0.3, 0.4) is 0 Å². The molecule has 1 aromatic carbocycles. The Morgan fingerprint density at radius 1 is 1.38 bits per heavy atom. The fourth-order valence-electron chi connectivity index (χ4n) is 2.18. The van der Waals surface area contributed by atoms with Crippen LogP contribution in [0.25, 0.3) is 10.9 Å². The zero-order valence-electron chi connectivity index (χ0n) is 12.6. The van der Waals surface area contributed by atoms with E-state index < -0.39 is 0 Å². The van der Waals surface area contributed by atoms with E-state index >= 15 is 0 Å². The average molecular weight is 281 g/mol. The summed E-state index contributed by atoms with van der Waals surface area (Å²) in [5.74, 6) is -0.245. The van der Waals surface area contributed by atoms with Gasteiger partial charge in [-0.1, -0.05) is 17.7 Å². The lowest BCUT2D eigenvalue weighted by Crippen LogP contribution is -2.12. The molecular weight excluding hydrogens is 262 g/mol. The second kappa shape index (κ2) is 6.38. The van der Waals surface area contributed by atoms with Crippen molar-refractivity contribution in [2.75, 3.05) is 20.6 Å². The molecule has 21 heavy (non-hydrogen) atoms. The Morgan fingerprint density at radius 3 is 2.81 bits per heavy atom. The highest BCUT2D eigenvalue weighted by Gasteiger charge is 2.14. The van der Waals surface area contributed by atoms with Crippen molar-refractivity contribution in [2.24, 2.45) is 0 Å². The number of benzene rings is 1. The Hall–Kier alpha value is -2.38. The molecule has 1 heterocycles. The monoisotopic (exact) mass is 281 g/mol. The Balaban J connectivity index is 2.25. The highest BCUT2D eigenvalue weighted by atomic mass is 16.1. The lowest BCUT2D eigenvalue weighted by molar-refractivity contribution is 0.103. The Bertz CT molecular complexity index is 732. The lowest BCUT2D eigenvalue weighted by Gasteiger charge is -2.06. The molecule has 0 radical (unpaired) electrons. The van der Waals surface area contributed by atoms with Gasteiger partial charge in [-0.15, -0.1) is 0 Å². The number of fused-ring (bicyclic) bond motifs is 1. The number of carbonyl (C=O) groups excluding carboxylic acids is 1. The maximum atomic E-state index is 12.4. The number of nitrogens with one attached hydrogen (secondary N) is 1. The van der Waals surface area contributed by atoms with E-state index in [1.54, 1.807) is 6.08 Å². The number of aryl methyl sites for hydroxylation is 1. The van der Waals surface area contributed by atoms with E-state index in [2.05, 4.69) is 4.98 Å². The standard InChI is InChI=1S/C17H19N3O/c1-12-6-7-15-14(9-12)10-16(19-15)17(21)13(11-18)5-4-8-20(2)3/h5-7,9-10,19H,4,8H2,1-3H3/b13-5+. The molecule has 0 aliphatic heterocycles. The number of aromatic amines is 1. The van der Waals surface area contributed by atoms with Gasteiger partial charge in [0.15, 0.2) is 0 Å². The van der Waals surface area contributed by atoms with Crippen LogP contribution in [0.5, 0.6) is 0 Å². The first-order chi connectivity index (χ1) is 10.0. The van der Waals surface area contributed by atoms with Crippen molar-refractivity contribution in [1.29, 1.82) is 5.26 Å². The molecule has 0 saturated carbocycles. The molecule has 0 spiro atoms. The minimum Gasteiger partial charge on any atom is -0.352 e. The van der Waals surface area contributed by atoms with Crippen molar-refractivity contribution in [3.63, 3.8) is 0 Å². The number of carbonyl (C=O) groups is 1. The highest BCUT2D eigenvalue weighted by molar-refractivity contribution is 6.12. The third-order valence-corrected chi connectivity index (χ3v) is 3.31. The van der Waals surface area contributed by atoms with E-state index in [-0.39, 0.29) is 11.4 Å². The first-order valence-electron chi connectivity index (χ1n) is 6.90. The second-order valence-corrected chi connectivity index (χ2v) is 5.42. The quantitative estimate of drug-likeness (QED) is 0.520. The summed E-state index contributed by atoms with van der Waals surface area (Å²) in [6.07, 6.45) is 2.39. The van der Waals surface area contributed by atoms with Gasteiger partial charge in [-0.25, -0.2) is 0 Å². The van der Waals surface area contributed by atoms with Crippen molar-refractivity contribution >= 4 is 16.7 Å². The normalized spacial score (nSPS) is 11.9. The van der Waals surface area contributed by atoms with Crippen LogP contribution in [0.1, 0.15) is 22.5 Å². The summed E-state index contributed by atoms with van der Waals surface area (Å²) in [4.78, 5) is 17.5. The van der Waals surface area contributed by atoms with Crippen molar-refractivity contribution in [3.8, 4) is 6.07 Å². The van der Waals surface area contributed by atoms with Gasteiger partial charge in [-0.2, -0.15) is 5.26 Å². The number of nitriles is 1. The molecule has 1 N–H and O–H groups in total. The smallest absolute Gasteiger partial charge is 0.219 e. The summed E-state index contributed by atoms with van der Waals surface area (Å²) in [7, 11) is 3.92. The molecule has 2 aromatic rings. The van der Waals surface area contributed by atoms with E-state index in [1.807, 2.05) is 56.3 Å². The number of nitrogens with zero attached hydrogens (tertiary/aromatic N) is 2. The SMILES string of the molecule is Cc1ccc2[nH]c(C(=O)/C(C#N)=C/CCN(C)C)cc2c1. The van der Waals surface area contributed by atoms with Gasteiger partial charge in [-0.05, 0) is 45.6 Å². The lowest BCUT2D eigenvalue weighted by atomic mass is 10.1. The topological polar surface area (TPSA) is 59.9 Å². The zero-order chi connectivity index (χ0) is 15.4. The van der Waals surface area contributed by atoms with Crippen molar-refractivity contribution in [2.45, 2.75) is 13.3 Å². The number of H-pyrrole nitrogens is 1. The van der Waals surface area contributed by atoms with E-state index in [0.29, 0.717) is 12.1 Å². The number of aromatic nitrogens is 1. The molecule has 0 aliphatic carbocycles. The first kappa shape index (κ1) is 15.0. The van der Waals surface area contributed by atoms with Crippen LogP contribution in [-0.4, -0.2) is 36.3 Å². The fraction of sp³-hybridized carbons (Fsp3) is 0.294. The van der Waals surface area contributed by atoms with Crippen LogP contribution in [0.4, 0.5) is 0 Å². The van der Waals surface area contributed by atoms with E-state index in [9.17, 15) is 10.1 Å². The molecule has 0 unspecified atom stereocenters. The summed E-state index contributed by atoms with van der Waals surface area (Å²) in [5.41, 5.74) is 2.71. The van der Waals surface area contributed by atoms with Crippen LogP contribution in [0, 0.1) is 18.3 Å². The molecule has 1 aromatic heterocycles. The van der Waals surface area contributed by atoms with Gasteiger partial charge in [0, 0.05) is 17.4 Å². The molecule has 108 valence electrons. The van der Waals surface area contributed by atoms with Gasteiger partial charge >= 0.3 is 0 Å². The van der Waals surface area contributed by atoms with Crippen molar-refractivity contribution in [3.05, 3.63) is 47.2 Å². The number of rotatable bonds is 5. The van der Waals surface area contributed by atoms with Crippen LogP contribution in [0.15, 0.2) is 35.9 Å². The molecular formula is C17H19N3O. The number of allylic oxidation sites excluding steroid dienone is 1. The number of ketones is 1. The Labute approximate surface area is 124 Å². The number of hydrogen-bond donors (Lipinski definition) is 1. The van der Waals surface area contributed by atoms with Crippen molar-refractivity contribution in [1.82, 2.24) is 9.88 Å². The minimum atomic E-state index is -0.245. The van der Waals surface area contributed by atoms with Gasteiger partial charge in [0.1, 0.15) is 6.07 Å². The molecule has 0 aliphatic rings. The molecule has 0 saturated heterocycles. The summed E-state index contributed by atoms with van der Waals surface area (Å²) in [6, 6.07) is 9.77. The van der Waals surface area contributed by atoms with Gasteiger partial charge < -0.3 is 9.88 Å². The zero-order valence-corrected chi connectivity index (χ0v) is 12.6. The van der Waals surface area contributed by atoms with E-state index in [1.165, 1.54) is 0 Å².